The molecule has 1 atom stereocenters. The molecule has 1 N–H and O–H groups in total. The Morgan fingerprint density at radius 3 is 2.89 bits per heavy atom. The van der Waals surface area contributed by atoms with Crippen molar-refractivity contribution in [1.82, 2.24) is 5.32 Å². The first-order chi connectivity index (χ1) is 8.74. The lowest BCUT2D eigenvalue weighted by Gasteiger charge is -2.13. The fraction of sp³-hybridized carbons (Fsp3) is 0.538. The van der Waals surface area contributed by atoms with Crippen LogP contribution in [0.2, 0.25) is 0 Å². The minimum Gasteiger partial charge on any atom is -0.493 e. The van der Waals surface area contributed by atoms with Gasteiger partial charge in [0.1, 0.15) is 0 Å². The standard InChI is InChI=1S/C13H19NO4/c1-9(7-15-2)14-6-10-4-11(16-3)13-12(5-10)17-8-18-13/h4-5,9,14H,6-8H2,1-3H3/t9-/m1/s1. The van der Waals surface area contributed by atoms with Crippen LogP contribution in [0.3, 0.4) is 0 Å². The van der Waals surface area contributed by atoms with E-state index in [1.807, 2.05) is 12.1 Å². The van der Waals surface area contributed by atoms with Crippen molar-refractivity contribution in [3.63, 3.8) is 0 Å². The molecule has 5 heteroatoms. The molecule has 0 bridgehead atoms. The fourth-order valence-electron chi connectivity index (χ4n) is 1.89. The van der Waals surface area contributed by atoms with E-state index in [2.05, 4.69) is 12.2 Å². The van der Waals surface area contributed by atoms with E-state index in [-0.39, 0.29) is 6.79 Å². The first-order valence-corrected chi connectivity index (χ1v) is 5.93. The molecule has 0 spiro atoms. The molecule has 0 unspecified atom stereocenters. The Kier molecular flexibility index (Phi) is 4.28. The van der Waals surface area contributed by atoms with Gasteiger partial charge in [-0.1, -0.05) is 0 Å². The van der Waals surface area contributed by atoms with Crippen LogP contribution in [-0.4, -0.2) is 33.7 Å². The van der Waals surface area contributed by atoms with Gasteiger partial charge in [-0.25, -0.2) is 0 Å². The van der Waals surface area contributed by atoms with E-state index in [1.165, 1.54) is 0 Å². The molecular weight excluding hydrogens is 234 g/mol. The molecule has 1 heterocycles. The molecule has 1 aromatic rings. The smallest absolute Gasteiger partial charge is 0.231 e. The predicted molar refractivity (Wildman–Crippen MR) is 67.3 cm³/mol. The highest BCUT2D eigenvalue weighted by Gasteiger charge is 2.20. The van der Waals surface area contributed by atoms with E-state index >= 15 is 0 Å². The van der Waals surface area contributed by atoms with Gasteiger partial charge in [0.25, 0.3) is 0 Å². The van der Waals surface area contributed by atoms with Gasteiger partial charge in [-0.3, -0.25) is 0 Å². The van der Waals surface area contributed by atoms with Crippen molar-refractivity contribution in [2.75, 3.05) is 27.6 Å². The summed E-state index contributed by atoms with van der Waals surface area (Å²) in [4.78, 5) is 0. The molecule has 0 saturated carbocycles. The maximum atomic E-state index is 5.38. The number of ether oxygens (including phenoxy) is 4. The highest BCUT2D eigenvalue weighted by atomic mass is 16.7. The average Bonchev–Trinajstić information content (AvgIpc) is 2.83. The predicted octanol–water partition coefficient (Wildman–Crippen LogP) is 1.55. The second-order valence-electron chi connectivity index (χ2n) is 4.27. The Balaban J connectivity index is 2.05. The fourth-order valence-corrected chi connectivity index (χ4v) is 1.89. The van der Waals surface area contributed by atoms with Gasteiger partial charge in [-0.2, -0.15) is 0 Å². The number of hydrogen-bond donors (Lipinski definition) is 1. The number of benzene rings is 1. The van der Waals surface area contributed by atoms with Gasteiger partial charge in [0.2, 0.25) is 12.5 Å². The molecule has 0 radical (unpaired) electrons. The number of fused-ring (bicyclic) bond motifs is 1. The lowest BCUT2D eigenvalue weighted by molar-refractivity contribution is 0.171. The Morgan fingerprint density at radius 1 is 1.33 bits per heavy atom. The van der Waals surface area contributed by atoms with E-state index in [0.29, 0.717) is 24.1 Å². The molecule has 0 fully saturated rings. The molecule has 18 heavy (non-hydrogen) atoms. The van der Waals surface area contributed by atoms with Crippen LogP contribution >= 0.6 is 0 Å². The minimum atomic E-state index is 0.253. The molecule has 5 nitrogen and oxygen atoms in total. The number of hydrogen-bond acceptors (Lipinski definition) is 5. The molecule has 0 amide bonds. The quantitative estimate of drug-likeness (QED) is 0.833. The summed E-state index contributed by atoms with van der Waals surface area (Å²) in [7, 11) is 3.32. The first-order valence-electron chi connectivity index (χ1n) is 5.93. The third-order valence-corrected chi connectivity index (χ3v) is 2.79. The monoisotopic (exact) mass is 253 g/mol. The molecule has 0 saturated heterocycles. The van der Waals surface area contributed by atoms with Gasteiger partial charge in [-0.15, -0.1) is 0 Å². The normalized spacial score (nSPS) is 14.6. The van der Waals surface area contributed by atoms with Crippen LogP contribution in [-0.2, 0) is 11.3 Å². The van der Waals surface area contributed by atoms with Gasteiger partial charge >= 0.3 is 0 Å². The maximum Gasteiger partial charge on any atom is 0.231 e. The molecule has 2 rings (SSSR count). The Hall–Kier alpha value is -1.46. The van der Waals surface area contributed by atoms with Crippen molar-refractivity contribution >= 4 is 0 Å². The summed E-state index contributed by atoms with van der Waals surface area (Å²) < 4.78 is 21.1. The third kappa shape index (κ3) is 2.86. The zero-order valence-electron chi connectivity index (χ0n) is 11.0. The van der Waals surface area contributed by atoms with Crippen LogP contribution in [0.25, 0.3) is 0 Å². The van der Waals surface area contributed by atoms with E-state index in [1.54, 1.807) is 14.2 Å². The summed E-state index contributed by atoms with van der Waals surface area (Å²) in [5.41, 5.74) is 1.10. The van der Waals surface area contributed by atoms with Crippen LogP contribution in [0.15, 0.2) is 12.1 Å². The van der Waals surface area contributed by atoms with E-state index in [4.69, 9.17) is 18.9 Å². The van der Waals surface area contributed by atoms with Gasteiger partial charge in [0.05, 0.1) is 13.7 Å². The molecule has 100 valence electrons. The van der Waals surface area contributed by atoms with Crippen molar-refractivity contribution in [3.8, 4) is 17.2 Å². The largest absolute Gasteiger partial charge is 0.493 e. The third-order valence-electron chi connectivity index (χ3n) is 2.79. The van der Waals surface area contributed by atoms with Crippen molar-refractivity contribution in [2.45, 2.75) is 19.5 Å². The number of nitrogens with one attached hydrogen (secondary N) is 1. The summed E-state index contributed by atoms with van der Waals surface area (Å²) >= 11 is 0. The van der Waals surface area contributed by atoms with E-state index in [0.717, 1.165) is 17.9 Å². The number of rotatable bonds is 6. The summed E-state index contributed by atoms with van der Waals surface area (Å²) in [5.74, 6) is 2.14. The number of methoxy groups -OCH3 is 2. The molecule has 1 aromatic carbocycles. The Labute approximate surface area is 107 Å². The molecular formula is C13H19NO4. The Morgan fingerprint density at radius 2 is 2.17 bits per heavy atom. The van der Waals surface area contributed by atoms with Gasteiger partial charge in [-0.05, 0) is 24.6 Å². The van der Waals surface area contributed by atoms with Crippen LogP contribution in [0.1, 0.15) is 12.5 Å². The summed E-state index contributed by atoms with van der Waals surface area (Å²) in [6.07, 6.45) is 0. The van der Waals surface area contributed by atoms with Crippen molar-refractivity contribution < 1.29 is 18.9 Å². The molecule has 1 aliphatic rings. The van der Waals surface area contributed by atoms with Gasteiger partial charge < -0.3 is 24.3 Å². The first kappa shape index (κ1) is 13.0. The Bertz CT molecular complexity index is 408. The molecule has 0 aromatic heterocycles. The van der Waals surface area contributed by atoms with E-state index < -0.39 is 0 Å². The minimum absolute atomic E-state index is 0.253. The summed E-state index contributed by atoms with van der Waals surface area (Å²) in [6.45, 7) is 3.75. The van der Waals surface area contributed by atoms with Gasteiger partial charge in [0, 0.05) is 19.7 Å². The zero-order valence-corrected chi connectivity index (χ0v) is 11.0. The summed E-state index contributed by atoms with van der Waals surface area (Å²) in [5, 5.41) is 3.37. The van der Waals surface area contributed by atoms with Crippen LogP contribution in [0, 0.1) is 0 Å². The lowest BCUT2D eigenvalue weighted by atomic mass is 10.1. The van der Waals surface area contributed by atoms with Crippen molar-refractivity contribution in [1.29, 1.82) is 0 Å². The van der Waals surface area contributed by atoms with Crippen LogP contribution in [0.5, 0.6) is 17.2 Å². The van der Waals surface area contributed by atoms with Crippen molar-refractivity contribution in [3.05, 3.63) is 17.7 Å². The van der Waals surface area contributed by atoms with E-state index in [9.17, 15) is 0 Å². The highest BCUT2D eigenvalue weighted by molar-refractivity contribution is 5.55. The zero-order chi connectivity index (χ0) is 13.0. The second kappa shape index (κ2) is 5.93. The lowest BCUT2D eigenvalue weighted by Crippen LogP contribution is -2.29. The second-order valence-corrected chi connectivity index (χ2v) is 4.27. The molecule has 1 aliphatic heterocycles. The summed E-state index contributed by atoms with van der Waals surface area (Å²) in [6, 6.07) is 4.23. The van der Waals surface area contributed by atoms with Crippen molar-refractivity contribution in [2.24, 2.45) is 0 Å². The van der Waals surface area contributed by atoms with Crippen LogP contribution in [0.4, 0.5) is 0 Å². The van der Waals surface area contributed by atoms with Gasteiger partial charge in [0.15, 0.2) is 11.5 Å². The molecule has 0 aliphatic carbocycles. The topological polar surface area (TPSA) is 49.0 Å². The average molecular weight is 253 g/mol. The SMILES string of the molecule is COC[C@@H](C)NCc1cc(OC)c2c(c1)OCO2. The van der Waals surface area contributed by atoms with Crippen LogP contribution < -0.4 is 19.5 Å². The maximum absolute atomic E-state index is 5.38. The highest BCUT2D eigenvalue weighted by Crippen LogP contribution is 2.41.